The Kier molecular flexibility index (Phi) is 5.15. The van der Waals surface area contributed by atoms with E-state index >= 15 is 0 Å². The third kappa shape index (κ3) is 2.63. The van der Waals surface area contributed by atoms with Gasteiger partial charge in [-0.3, -0.25) is 0 Å². The van der Waals surface area contributed by atoms with E-state index in [-0.39, 0.29) is 17.0 Å². The Labute approximate surface area is 77.6 Å². The zero-order valence-electron chi connectivity index (χ0n) is 6.70. The number of nitrogens with zero attached hydrogens (tertiary/aromatic N) is 2. The highest BCUT2D eigenvalue weighted by Crippen LogP contribution is 1.80. The lowest BCUT2D eigenvalue weighted by Crippen LogP contribution is -3.00. The van der Waals surface area contributed by atoms with Gasteiger partial charge < -0.3 is 22.7 Å². The van der Waals surface area contributed by atoms with Gasteiger partial charge in [0.25, 0.3) is 0 Å². The van der Waals surface area contributed by atoms with Crippen LogP contribution in [0.3, 0.4) is 0 Å². The fourth-order valence-electron chi connectivity index (χ4n) is 1.03. The molecule has 0 saturated heterocycles. The first-order valence-corrected chi connectivity index (χ1v) is 3.63. The summed E-state index contributed by atoms with van der Waals surface area (Å²) in [5.74, 6) is 0. The number of aryl methyl sites for hydroxylation is 1. The van der Waals surface area contributed by atoms with Gasteiger partial charge in [0.15, 0.2) is 12.7 Å². The highest BCUT2D eigenvalue weighted by atomic mass is 79.9. The van der Waals surface area contributed by atoms with Gasteiger partial charge in [0.1, 0.15) is 0 Å². The Morgan fingerprint density at radius 1 is 1.55 bits per heavy atom. The molecule has 1 aromatic heterocycles. The van der Waals surface area contributed by atoms with E-state index in [1.807, 2.05) is 12.3 Å². The molecule has 0 aromatic carbocycles. The molecule has 0 atom stereocenters. The lowest BCUT2D eigenvalue weighted by molar-refractivity contribution is -0.773. The van der Waals surface area contributed by atoms with Crippen molar-refractivity contribution in [3.8, 4) is 0 Å². The van der Waals surface area contributed by atoms with Crippen molar-refractivity contribution < 1.29 is 21.7 Å². The van der Waals surface area contributed by atoms with Gasteiger partial charge in [-0.25, -0.2) is 0 Å². The summed E-state index contributed by atoms with van der Waals surface area (Å²) in [6, 6.07) is 2.03. The predicted molar refractivity (Wildman–Crippen MR) is 39.4 cm³/mol. The van der Waals surface area contributed by atoms with Crippen LogP contribution < -0.4 is 27.4 Å². The molecule has 2 N–H and O–H groups in total. The molecule has 1 aromatic rings. The zero-order valence-corrected chi connectivity index (χ0v) is 8.29. The molecule has 11 heavy (non-hydrogen) atoms. The monoisotopic (exact) mass is 219 g/mol. The highest BCUT2D eigenvalue weighted by Gasteiger charge is 2.02. The molecule has 0 radical (unpaired) electrons. The van der Waals surface area contributed by atoms with Crippen LogP contribution in [-0.4, -0.2) is 11.2 Å². The molecule has 0 aliphatic heterocycles. The van der Waals surface area contributed by atoms with E-state index in [9.17, 15) is 0 Å². The van der Waals surface area contributed by atoms with Crippen LogP contribution in [0.25, 0.3) is 0 Å². The summed E-state index contributed by atoms with van der Waals surface area (Å²) in [5.41, 5.74) is 5.41. The molecular formula is C7H14BrN3. The number of halogens is 1. The fraction of sp³-hybridized carbons (Fsp3) is 0.571. The van der Waals surface area contributed by atoms with Gasteiger partial charge in [-0.15, -0.1) is 4.68 Å². The molecule has 64 valence electrons. The molecule has 1 heterocycles. The minimum atomic E-state index is 0. The summed E-state index contributed by atoms with van der Waals surface area (Å²) >= 11 is 0. The average molecular weight is 220 g/mol. The highest BCUT2D eigenvalue weighted by molar-refractivity contribution is 4.70. The van der Waals surface area contributed by atoms with Crippen LogP contribution in [0.1, 0.15) is 6.92 Å². The molecule has 0 aliphatic rings. The topological polar surface area (TPSA) is 34.8 Å². The van der Waals surface area contributed by atoms with Crippen molar-refractivity contribution in [3.05, 3.63) is 18.5 Å². The van der Waals surface area contributed by atoms with Crippen molar-refractivity contribution in [3.63, 3.8) is 0 Å². The predicted octanol–water partition coefficient (Wildman–Crippen LogP) is -3.24. The molecule has 0 amide bonds. The zero-order chi connectivity index (χ0) is 7.40. The van der Waals surface area contributed by atoms with Crippen LogP contribution in [0.2, 0.25) is 0 Å². The molecule has 0 aliphatic carbocycles. The van der Waals surface area contributed by atoms with Crippen molar-refractivity contribution in [1.82, 2.24) is 4.68 Å². The summed E-state index contributed by atoms with van der Waals surface area (Å²) in [5, 5.41) is 0. The van der Waals surface area contributed by atoms with Crippen LogP contribution >= 0.6 is 0 Å². The number of nitrogens with two attached hydrogens (primary N) is 1. The van der Waals surface area contributed by atoms with Gasteiger partial charge in [-0.1, -0.05) is 0 Å². The number of hydrogen-bond donors (Lipinski definition) is 1. The maximum atomic E-state index is 5.41. The molecule has 0 saturated carbocycles. The largest absolute Gasteiger partial charge is 1.00 e. The summed E-state index contributed by atoms with van der Waals surface area (Å²) < 4.78 is 4.24. The normalized spacial score (nSPS) is 9.27. The smallest absolute Gasteiger partial charge is 0.195 e. The van der Waals surface area contributed by atoms with Crippen molar-refractivity contribution in [2.75, 3.05) is 6.54 Å². The number of aromatic nitrogens is 2. The van der Waals surface area contributed by atoms with Crippen LogP contribution in [0, 0.1) is 0 Å². The van der Waals surface area contributed by atoms with Crippen molar-refractivity contribution in [2.45, 2.75) is 20.0 Å². The first kappa shape index (κ1) is 10.7. The van der Waals surface area contributed by atoms with Crippen LogP contribution in [0.4, 0.5) is 0 Å². The number of rotatable bonds is 3. The van der Waals surface area contributed by atoms with E-state index in [0.717, 1.165) is 13.1 Å². The number of hydrogen-bond acceptors (Lipinski definition) is 1. The molecule has 0 unspecified atom stereocenters. The van der Waals surface area contributed by atoms with Gasteiger partial charge in [0.05, 0.1) is 19.3 Å². The quantitative estimate of drug-likeness (QED) is 0.534. The lowest BCUT2D eigenvalue weighted by atomic mass is 10.6. The Morgan fingerprint density at radius 2 is 2.27 bits per heavy atom. The first-order valence-electron chi connectivity index (χ1n) is 3.63. The standard InChI is InChI=1S/C7H14N3.BrH/c1-2-9-5-3-6-10(9)7-4-8;/h3,5-6H,2,4,7-8H2,1H3;1H/q+1;/p-1. The first-order chi connectivity index (χ1) is 4.88. The molecule has 0 spiro atoms. The van der Waals surface area contributed by atoms with E-state index in [1.165, 1.54) is 0 Å². The third-order valence-corrected chi connectivity index (χ3v) is 1.53. The van der Waals surface area contributed by atoms with Crippen molar-refractivity contribution >= 4 is 0 Å². The minimum absolute atomic E-state index is 0. The van der Waals surface area contributed by atoms with Crippen LogP contribution in [-0.2, 0) is 13.1 Å². The molecule has 0 fully saturated rings. The van der Waals surface area contributed by atoms with Crippen LogP contribution in [0.5, 0.6) is 0 Å². The van der Waals surface area contributed by atoms with Gasteiger partial charge in [-0.2, -0.15) is 4.68 Å². The van der Waals surface area contributed by atoms with Gasteiger partial charge in [0, 0.05) is 6.07 Å². The Hall–Kier alpha value is -0.350. The van der Waals surface area contributed by atoms with E-state index in [2.05, 4.69) is 22.5 Å². The Bertz CT molecular complexity index is 197. The summed E-state index contributed by atoms with van der Waals surface area (Å²) in [4.78, 5) is 0. The maximum Gasteiger partial charge on any atom is 0.195 e. The van der Waals surface area contributed by atoms with E-state index in [4.69, 9.17) is 5.73 Å². The maximum absolute atomic E-state index is 5.41. The van der Waals surface area contributed by atoms with E-state index in [1.54, 1.807) is 0 Å². The summed E-state index contributed by atoms with van der Waals surface area (Å²) in [6.07, 6.45) is 4.09. The van der Waals surface area contributed by atoms with Gasteiger partial charge >= 0.3 is 0 Å². The lowest BCUT2D eigenvalue weighted by Gasteiger charge is -1.96. The molecule has 3 nitrogen and oxygen atoms in total. The average Bonchev–Trinajstić information content (AvgIpc) is 2.36. The van der Waals surface area contributed by atoms with Crippen LogP contribution in [0.15, 0.2) is 18.5 Å². The second kappa shape index (κ2) is 5.32. The Balaban J connectivity index is 0.000001000. The molecular weight excluding hydrogens is 206 g/mol. The van der Waals surface area contributed by atoms with Crippen molar-refractivity contribution in [1.29, 1.82) is 0 Å². The van der Waals surface area contributed by atoms with E-state index < -0.39 is 0 Å². The second-order valence-electron chi connectivity index (χ2n) is 2.20. The molecule has 0 bridgehead atoms. The van der Waals surface area contributed by atoms with Gasteiger partial charge in [-0.05, 0) is 6.92 Å². The van der Waals surface area contributed by atoms with Crippen molar-refractivity contribution in [2.24, 2.45) is 5.73 Å². The molecule has 4 heteroatoms. The summed E-state index contributed by atoms with van der Waals surface area (Å²) in [6.45, 7) is 4.73. The molecule has 1 rings (SSSR count). The minimum Gasteiger partial charge on any atom is -1.00 e. The van der Waals surface area contributed by atoms with E-state index in [0.29, 0.717) is 6.54 Å². The Morgan fingerprint density at radius 3 is 2.82 bits per heavy atom. The van der Waals surface area contributed by atoms with Gasteiger partial charge in [0.2, 0.25) is 0 Å². The summed E-state index contributed by atoms with van der Waals surface area (Å²) in [7, 11) is 0. The SMILES string of the molecule is CCn1ccc[n+]1CCN.[Br-]. The third-order valence-electron chi connectivity index (χ3n) is 1.53. The second-order valence-corrected chi connectivity index (χ2v) is 2.20. The fourth-order valence-corrected chi connectivity index (χ4v) is 1.03.